The Morgan fingerprint density at radius 3 is 2.43 bits per heavy atom. The summed E-state index contributed by atoms with van der Waals surface area (Å²) < 4.78 is 38.7. The van der Waals surface area contributed by atoms with Crippen LogP contribution in [0.2, 0.25) is 5.02 Å². The summed E-state index contributed by atoms with van der Waals surface area (Å²) in [5, 5.41) is 19.4. The van der Waals surface area contributed by atoms with Crippen molar-refractivity contribution in [2.24, 2.45) is 5.73 Å². The predicted molar refractivity (Wildman–Crippen MR) is 91.4 cm³/mol. The molecule has 0 aliphatic carbocycles. The van der Waals surface area contributed by atoms with Crippen LogP contribution >= 0.6 is 11.6 Å². The van der Waals surface area contributed by atoms with Gasteiger partial charge in [0, 0.05) is 12.6 Å². The zero-order valence-electron chi connectivity index (χ0n) is 13.7. The number of phenolic OH excluding ortho intramolecular Hbond substituents is 2. The van der Waals surface area contributed by atoms with Gasteiger partial charge in [0.25, 0.3) is 0 Å². The molecule has 0 fully saturated rings. The lowest BCUT2D eigenvalue weighted by atomic mass is 10.2. The standard InChI is InChI=1S/C16H11ClF3N3O5/c17-8-4-11(13(25)5-12(8)24)22-10-3-7(6-21)1-2-9(10)23(15(22)27)28-14(26)16(18,19)20/h1-5,24-25H,6,21H2. The Bertz CT molecular complexity index is 1150. The van der Waals surface area contributed by atoms with E-state index in [2.05, 4.69) is 4.84 Å². The summed E-state index contributed by atoms with van der Waals surface area (Å²) in [7, 11) is 0. The number of imidazole rings is 1. The first kappa shape index (κ1) is 19.6. The van der Waals surface area contributed by atoms with E-state index in [-0.39, 0.29) is 33.0 Å². The maximum Gasteiger partial charge on any atom is 0.493 e. The van der Waals surface area contributed by atoms with E-state index >= 15 is 0 Å². The van der Waals surface area contributed by atoms with Crippen molar-refractivity contribution in [1.82, 2.24) is 9.30 Å². The largest absolute Gasteiger partial charge is 0.506 e. The number of halogens is 4. The molecular formula is C16H11ClF3N3O5. The number of carbonyl (C=O) groups is 1. The number of benzene rings is 2. The number of carbonyl (C=O) groups excluding carboxylic acids is 1. The fourth-order valence-corrected chi connectivity index (χ4v) is 2.68. The summed E-state index contributed by atoms with van der Waals surface area (Å²) in [6.45, 7) is 0.0416. The molecule has 0 unspecified atom stereocenters. The molecule has 4 N–H and O–H groups in total. The number of aromatic hydroxyl groups is 2. The van der Waals surface area contributed by atoms with Crippen molar-refractivity contribution >= 4 is 28.6 Å². The molecule has 0 spiro atoms. The van der Waals surface area contributed by atoms with Crippen LogP contribution in [0.15, 0.2) is 35.1 Å². The highest BCUT2D eigenvalue weighted by Gasteiger charge is 2.42. The first-order valence-corrected chi connectivity index (χ1v) is 7.90. The number of nitrogens with two attached hydrogens (primary N) is 1. The summed E-state index contributed by atoms with van der Waals surface area (Å²) in [5.74, 6) is -3.68. The Balaban J connectivity index is 2.34. The molecule has 8 nitrogen and oxygen atoms in total. The molecule has 0 aliphatic heterocycles. The minimum atomic E-state index is -5.34. The van der Waals surface area contributed by atoms with Gasteiger partial charge in [0.2, 0.25) is 0 Å². The molecule has 0 saturated heterocycles. The molecule has 0 bridgehead atoms. The monoisotopic (exact) mass is 417 g/mol. The normalized spacial score (nSPS) is 11.8. The third-order valence-corrected chi connectivity index (χ3v) is 4.09. The van der Waals surface area contributed by atoms with Crippen LogP contribution in [0.4, 0.5) is 13.2 Å². The molecule has 0 atom stereocenters. The summed E-state index contributed by atoms with van der Waals surface area (Å²) in [5.41, 5.74) is 4.37. The van der Waals surface area contributed by atoms with Gasteiger partial charge in [-0.3, -0.25) is 4.57 Å². The molecule has 12 heteroatoms. The Morgan fingerprint density at radius 2 is 1.82 bits per heavy atom. The predicted octanol–water partition coefficient (Wildman–Crippen LogP) is 1.83. The third kappa shape index (κ3) is 3.25. The van der Waals surface area contributed by atoms with Crippen molar-refractivity contribution in [3.05, 3.63) is 51.4 Å². The minimum Gasteiger partial charge on any atom is -0.506 e. The Labute approximate surface area is 158 Å². The lowest BCUT2D eigenvalue weighted by Crippen LogP contribution is -2.38. The minimum absolute atomic E-state index is 0.0139. The maximum atomic E-state index is 12.7. The third-order valence-electron chi connectivity index (χ3n) is 3.79. The van der Waals surface area contributed by atoms with Crippen LogP contribution in [0.5, 0.6) is 11.5 Å². The van der Waals surface area contributed by atoms with Crippen molar-refractivity contribution in [2.75, 3.05) is 0 Å². The zero-order chi connectivity index (χ0) is 20.8. The van der Waals surface area contributed by atoms with E-state index in [9.17, 15) is 33.0 Å². The molecule has 1 heterocycles. The van der Waals surface area contributed by atoms with Gasteiger partial charge in [0.15, 0.2) is 0 Å². The molecule has 0 amide bonds. The van der Waals surface area contributed by atoms with Crippen LogP contribution in [0.1, 0.15) is 5.56 Å². The lowest BCUT2D eigenvalue weighted by Gasteiger charge is -2.08. The molecule has 0 saturated carbocycles. The summed E-state index contributed by atoms with van der Waals surface area (Å²) in [6.07, 6.45) is -5.34. The average Bonchev–Trinajstić information content (AvgIpc) is 2.88. The molecule has 28 heavy (non-hydrogen) atoms. The van der Waals surface area contributed by atoms with Crippen LogP contribution in [-0.4, -0.2) is 31.7 Å². The summed E-state index contributed by atoms with van der Waals surface area (Å²) >= 11 is 5.81. The van der Waals surface area contributed by atoms with Crippen molar-refractivity contribution in [2.45, 2.75) is 12.7 Å². The molecule has 0 aliphatic rings. The number of phenols is 2. The molecule has 1 aromatic heterocycles. The molecule has 3 rings (SSSR count). The summed E-state index contributed by atoms with van der Waals surface area (Å²) in [6, 6.07) is 5.90. The SMILES string of the molecule is NCc1ccc2c(c1)n(-c1cc(Cl)c(O)cc1O)c(=O)n2OC(=O)C(F)(F)F. The topological polar surface area (TPSA) is 120 Å². The van der Waals surface area contributed by atoms with Crippen molar-refractivity contribution < 1.29 is 33.0 Å². The number of aromatic nitrogens is 2. The number of nitrogens with zero attached hydrogens (tertiary/aromatic N) is 2. The zero-order valence-corrected chi connectivity index (χ0v) is 14.5. The highest BCUT2D eigenvalue weighted by atomic mass is 35.5. The van der Waals surface area contributed by atoms with E-state index in [0.717, 1.165) is 16.7 Å². The van der Waals surface area contributed by atoms with E-state index < -0.39 is 29.3 Å². The average molecular weight is 418 g/mol. The van der Waals surface area contributed by atoms with Gasteiger partial charge in [-0.25, -0.2) is 9.59 Å². The van der Waals surface area contributed by atoms with E-state index in [0.29, 0.717) is 5.56 Å². The molecule has 0 radical (unpaired) electrons. The van der Waals surface area contributed by atoms with E-state index in [1.807, 2.05) is 0 Å². The van der Waals surface area contributed by atoms with E-state index in [1.165, 1.54) is 18.2 Å². The van der Waals surface area contributed by atoms with Gasteiger partial charge in [-0.15, -0.1) is 4.73 Å². The van der Waals surface area contributed by atoms with Gasteiger partial charge in [0.05, 0.1) is 16.2 Å². The highest BCUT2D eigenvalue weighted by Crippen LogP contribution is 2.34. The van der Waals surface area contributed by atoms with Gasteiger partial charge in [-0.1, -0.05) is 17.7 Å². The fourth-order valence-electron chi connectivity index (χ4n) is 2.52. The van der Waals surface area contributed by atoms with Crippen LogP contribution < -0.4 is 16.3 Å². The van der Waals surface area contributed by atoms with Crippen LogP contribution in [0.25, 0.3) is 16.7 Å². The maximum absolute atomic E-state index is 12.7. The van der Waals surface area contributed by atoms with Gasteiger partial charge in [-0.2, -0.15) is 13.2 Å². The smallest absolute Gasteiger partial charge is 0.493 e. The van der Waals surface area contributed by atoms with Crippen molar-refractivity contribution in [3.8, 4) is 17.2 Å². The van der Waals surface area contributed by atoms with Crippen molar-refractivity contribution in [3.63, 3.8) is 0 Å². The Morgan fingerprint density at radius 1 is 1.14 bits per heavy atom. The molecule has 148 valence electrons. The number of rotatable bonds is 3. The number of alkyl halides is 3. The highest BCUT2D eigenvalue weighted by molar-refractivity contribution is 6.32. The van der Waals surface area contributed by atoms with Gasteiger partial charge in [-0.05, 0) is 23.8 Å². The molecule has 3 aromatic rings. The first-order chi connectivity index (χ1) is 13.0. The fraction of sp³-hybridized carbons (Fsp3) is 0.125. The second kappa shape index (κ2) is 6.77. The van der Waals surface area contributed by atoms with E-state index in [1.54, 1.807) is 0 Å². The number of hydrogen-bond donors (Lipinski definition) is 3. The van der Waals surface area contributed by atoms with Crippen LogP contribution in [0, 0.1) is 0 Å². The quantitative estimate of drug-likeness (QED) is 0.598. The Kier molecular flexibility index (Phi) is 4.73. The van der Waals surface area contributed by atoms with Crippen LogP contribution in [-0.2, 0) is 11.3 Å². The number of hydrogen-bond acceptors (Lipinski definition) is 6. The molecule has 2 aromatic carbocycles. The second-order valence-electron chi connectivity index (χ2n) is 5.61. The van der Waals surface area contributed by atoms with E-state index in [4.69, 9.17) is 17.3 Å². The number of fused-ring (bicyclic) bond motifs is 1. The first-order valence-electron chi connectivity index (χ1n) is 7.52. The van der Waals surface area contributed by atoms with Gasteiger partial charge in [0.1, 0.15) is 17.0 Å². The van der Waals surface area contributed by atoms with Crippen LogP contribution in [0.3, 0.4) is 0 Å². The van der Waals surface area contributed by atoms with Crippen molar-refractivity contribution in [1.29, 1.82) is 0 Å². The van der Waals surface area contributed by atoms with Gasteiger partial charge >= 0.3 is 17.8 Å². The lowest BCUT2D eigenvalue weighted by molar-refractivity contribution is -0.199. The summed E-state index contributed by atoms with van der Waals surface area (Å²) in [4.78, 5) is 28.2. The molecular weight excluding hydrogens is 407 g/mol. The van der Waals surface area contributed by atoms with Gasteiger partial charge < -0.3 is 20.8 Å². The second-order valence-corrected chi connectivity index (χ2v) is 6.02. The Hall–Kier alpha value is -3.18.